The van der Waals surface area contributed by atoms with Crippen LogP contribution in [0.15, 0.2) is 66.7 Å². The van der Waals surface area contributed by atoms with E-state index in [0.717, 1.165) is 41.8 Å². The molecule has 0 bridgehead atoms. The van der Waals surface area contributed by atoms with Gasteiger partial charge in [-0.15, -0.1) is 0 Å². The summed E-state index contributed by atoms with van der Waals surface area (Å²) in [6.07, 6.45) is 3.31. The molecule has 3 aliphatic heterocycles. The van der Waals surface area contributed by atoms with Gasteiger partial charge >= 0.3 is 6.03 Å². The lowest BCUT2D eigenvalue weighted by Gasteiger charge is -2.28. The van der Waals surface area contributed by atoms with E-state index in [1.165, 1.54) is 4.90 Å². The van der Waals surface area contributed by atoms with E-state index >= 15 is 0 Å². The molecule has 4 amide bonds. The number of anilines is 2. The number of hydrogen-bond acceptors (Lipinski definition) is 3. The number of urea groups is 1. The van der Waals surface area contributed by atoms with E-state index < -0.39 is 5.54 Å². The van der Waals surface area contributed by atoms with Gasteiger partial charge in [0, 0.05) is 41.7 Å². The van der Waals surface area contributed by atoms with Crippen molar-refractivity contribution in [2.45, 2.75) is 37.6 Å². The maximum Gasteiger partial charge on any atom is 0.332 e. The zero-order valence-electron chi connectivity index (χ0n) is 20.1. The molecule has 1 unspecified atom stereocenters. The van der Waals surface area contributed by atoms with Crippen molar-refractivity contribution < 1.29 is 14.4 Å². The first-order chi connectivity index (χ1) is 17.9. The molecule has 3 fully saturated rings. The fraction of sp³-hybridized carbons (Fsp3) is 0.276. The summed E-state index contributed by atoms with van der Waals surface area (Å²) < 4.78 is 0. The largest absolute Gasteiger partial charge is 0.332 e. The van der Waals surface area contributed by atoms with Crippen LogP contribution in [0, 0.1) is 0 Å². The summed E-state index contributed by atoms with van der Waals surface area (Å²) in [5.74, 6) is -0.0712. The van der Waals surface area contributed by atoms with Crippen LogP contribution in [-0.2, 0) is 16.0 Å². The predicted octanol–water partition coefficient (Wildman–Crippen LogP) is 6.33. The van der Waals surface area contributed by atoms with E-state index in [-0.39, 0.29) is 17.8 Å². The third-order valence-electron chi connectivity index (χ3n) is 7.63. The molecular formula is C29H25Cl2N3O3. The fourth-order valence-corrected chi connectivity index (χ4v) is 6.39. The highest BCUT2D eigenvalue weighted by Gasteiger charge is 2.59. The van der Waals surface area contributed by atoms with E-state index in [9.17, 15) is 14.4 Å². The lowest BCUT2D eigenvalue weighted by molar-refractivity contribution is -0.124. The van der Waals surface area contributed by atoms with Gasteiger partial charge in [-0.05, 0) is 66.3 Å². The molecule has 3 heterocycles. The summed E-state index contributed by atoms with van der Waals surface area (Å²) in [6, 6.07) is 20.6. The van der Waals surface area contributed by atoms with Crippen LogP contribution in [0.2, 0.25) is 10.0 Å². The molecule has 3 aliphatic rings. The average molecular weight is 534 g/mol. The Kier molecular flexibility index (Phi) is 5.97. The highest BCUT2D eigenvalue weighted by atomic mass is 35.5. The van der Waals surface area contributed by atoms with Crippen LogP contribution in [0.5, 0.6) is 0 Å². The van der Waals surface area contributed by atoms with Crippen LogP contribution in [0.3, 0.4) is 0 Å². The number of carbonyl (C=O) groups excluding carboxylic acids is 3. The van der Waals surface area contributed by atoms with E-state index in [1.807, 2.05) is 53.4 Å². The molecule has 0 aromatic heterocycles. The van der Waals surface area contributed by atoms with E-state index in [1.54, 1.807) is 23.1 Å². The van der Waals surface area contributed by atoms with Crippen LogP contribution in [0.4, 0.5) is 16.2 Å². The number of halogens is 2. The number of carbonyl (C=O) groups is 3. The molecule has 188 valence electrons. The Bertz CT molecular complexity index is 1400. The summed E-state index contributed by atoms with van der Waals surface area (Å²) >= 11 is 12.3. The standard InChI is InChI=1S/C29H25Cl2N3O3/c30-22-15-23(31)17-25(16-22)34-27(36)29(11-3-13-33(29)28(34)37)18-19-7-9-20(10-8-19)21-4-1-5-24(14-21)32-12-2-6-26(32)35/h1,4-5,7-10,14-17H,2-3,6,11-13,18H2. The molecule has 0 N–H and O–H groups in total. The Hall–Kier alpha value is -3.35. The number of fused-ring (bicyclic) bond motifs is 1. The molecule has 3 aromatic rings. The Balaban J connectivity index is 1.26. The Morgan fingerprint density at radius 2 is 1.54 bits per heavy atom. The van der Waals surface area contributed by atoms with Gasteiger partial charge in [-0.1, -0.05) is 59.6 Å². The lowest BCUT2D eigenvalue weighted by Crippen LogP contribution is -2.47. The van der Waals surface area contributed by atoms with Gasteiger partial charge in [0.15, 0.2) is 0 Å². The third kappa shape index (κ3) is 4.09. The maximum atomic E-state index is 13.8. The molecule has 0 spiro atoms. The summed E-state index contributed by atoms with van der Waals surface area (Å²) in [5.41, 5.74) is 3.44. The highest BCUT2D eigenvalue weighted by Crippen LogP contribution is 2.43. The van der Waals surface area contributed by atoms with Crippen LogP contribution in [0.1, 0.15) is 31.2 Å². The number of benzene rings is 3. The molecule has 6 rings (SSSR count). The minimum Gasteiger partial charge on any atom is -0.312 e. The molecule has 3 aromatic carbocycles. The van der Waals surface area contributed by atoms with Crippen molar-refractivity contribution in [3.63, 3.8) is 0 Å². The van der Waals surface area contributed by atoms with E-state index in [2.05, 4.69) is 0 Å². The van der Waals surface area contributed by atoms with Gasteiger partial charge in [0.2, 0.25) is 5.91 Å². The minimum absolute atomic E-state index is 0.165. The SMILES string of the molecule is O=C1CCCN1c1cccc(-c2ccc(CC34CCCN3C(=O)N(c3cc(Cl)cc(Cl)c3)C4=O)cc2)c1. The Morgan fingerprint density at radius 1 is 0.784 bits per heavy atom. The second kappa shape index (κ2) is 9.19. The molecule has 3 saturated heterocycles. The van der Waals surface area contributed by atoms with Gasteiger partial charge in [0.05, 0.1) is 5.69 Å². The maximum absolute atomic E-state index is 13.8. The molecule has 6 nitrogen and oxygen atoms in total. The number of rotatable bonds is 5. The van der Waals surface area contributed by atoms with Gasteiger partial charge in [-0.3, -0.25) is 9.59 Å². The topological polar surface area (TPSA) is 60.9 Å². The van der Waals surface area contributed by atoms with E-state index in [0.29, 0.717) is 41.5 Å². The van der Waals surface area contributed by atoms with Crippen molar-refractivity contribution in [3.8, 4) is 11.1 Å². The van der Waals surface area contributed by atoms with Gasteiger partial charge in [-0.2, -0.15) is 0 Å². The van der Waals surface area contributed by atoms with Gasteiger partial charge < -0.3 is 9.80 Å². The molecular weight excluding hydrogens is 509 g/mol. The predicted molar refractivity (Wildman–Crippen MR) is 145 cm³/mol. The molecule has 0 aliphatic carbocycles. The number of nitrogens with zero attached hydrogens (tertiary/aromatic N) is 3. The quantitative estimate of drug-likeness (QED) is 0.360. The van der Waals surface area contributed by atoms with Crippen LogP contribution >= 0.6 is 23.2 Å². The Morgan fingerprint density at radius 3 is 2.24 bits per heavy atom. The van der Waals surface area contributed by atoms with Gasteiger partial charge in [-0.25, -0.2) is 9.69 Å². The number of imide groups is 1. The first-order valence-electron chi connectivity index (χ1n) is 12.5. The number of amides is 4. The molecule has 0 radical (unpaired) electrons. The summed E-state index contributed by atoms with van der Waals surface area (Å²) in [5, 5.41) is 0.746. The monoisotopic (exact) mass is 533 g/mol. The van der Waals surface area contributed by atoms with Crippen molar-refractivity contribution in [1.29, 1.82) is 0 Å². The van der Waals surface area contributed by atoms with Gasteiger partial charge in [0.25, 0.3) is 5.91 Å². The first-order valence-corrected chi connectivity index (χ1v) is 13.2. The first kappa shape index (κ1) is 24.0. The number of hydrogen-bond donors (Lipinski definition) is 0. The fourth-order valence-electron chi connectivity index (χ4n) is 5.88. The second-order valence-electron chi connectivity index (χ2n) is 9.91. The normalized spacial score (nSPS) is 21.4. The smallest absolute Gasteiger partial charge is 0.312 e. The summed E-state index contributed by atoms with van der Waals surface area (Å²) in [7, 11) is 0. The van der Waals surface area contributed by atoms with Crippen molar-refractivity contribution in [3.05, 3.63) is 82.3 Å². The highest BCUT2D eigenvalue weighted by molar-refractivity contribution is 6.35. The zero-order valence-corrected chi connectivity index (χ0v) is 21.6. The molecule has 1 atom stereocenters. The molecule has 37 heavy (non-hydrogen) atoms. The summed E-state index contributed by atoms with van der Waals surface area (Å²) in [4.78, 5) is 44.0. The minimum atomic E-state index is -0.913. The van der Waals surface area contributed by atoms with Crippen LogP contribution in [0.25, 0.3) is 11.1 Å². The molecule has 8 heteroatoms. The second-order valence-corrected chi connectivity index (χ2v) is 10.8. The van der Waals surface area contributed by atoms with Crippen molar-refractivity contribution in [2.24, 2.45) is 0 Å². The van der Waals surface area contributed by atoms with Crippen molar-refractivity contribution in [1.82, 2.24) is 4.90 Å². The molecule has 0 saturated carbocycles. The Labute approximate surface area is 225 Å². The van der Waals surface area contributed by atoms with Crippen LogP contribution in [-0.4, -0.2) is 41.4 Å². The van der Waals surface area contributed by atoms with Gasteiger partial charge in [0.1, 0.15) is 5.54 Å². The zero-order chi connectivity index (χ0) is 25.7. The van der Waals surface area contributed by atoms with Crippen molar-refractivity contribution in [2.75, 3.05) is 22.9 Å². The van der Waals surface area contributed by atoms with Crippen LogP contribution < -0.4 is 9.80 Å². The van der Waals surface area contributed by atoms with E-state index in [4.69, 9.17) is 23.2 Å². The third-order valence-corrected chi connectivity index (χ3v) is 8.07. The lowest BCUT2D eigenvalue weighted by atomic mass is 9.87. The average Bonchev–Trinajstić information content (AvgIpc) is 3.55. The van der Waals surface area contributed by atoms with Crippen molar-refractivity contribution >= 4 is 52.4 Å². The summed E-state index contributed by atoms with van der Waals surface area (Å²) in [6.45, 7) is 1.29.